The predicted octanol–water partition coefficient (Wildman–Crippen LogP) is 1.000. The van der Waals surface area contributed by atoms with Crippen LogP contribution in [0.15, 0.2) is 12.1 Å². The highest BCUT2D eigenvalue weighted by Gasteiger charge is 2.17. The molecule has 0 saturated heterocycles. The van der Waals surface area contributed by atoms with E-state index in [1.165, 1.54) is 6.07 Å². The van der Waals surface area contributed by atoms with E-state index in [1.807, 2.05) is 6.92 Å². The second-order valence-corrected chi connectivity index (χ2v) is 4.05. The molecule has 0 spiro atoms. The van der Waals surface area contributed by atoms with E-state index in [9.17, 15) is 13.6 Å². The molecule has 0 atom stereocenters. The van der Waals surface area contributed by atoms with Gasteiger partial charge in [0, 0.05) is 6.54 Å². The lowest BCUT2D eigenvalue weighted by Crippen LogP contribution is -2.30. The number of fused-ring (bicyclic) bond motifs is 1. The third-order valence-corrected chi connectivity index (χ3v) is 2.48. The van der Waals surface area contributed by atoms with Crippen LogP contribution in [0.1, 0.15) is 25.6 Å². The van der Waals surface area contributed by atoms with Crippen LogP contribution in [0, 0.1) is 0 Å². The molecule has 108 valence electrons. The van der Waals surface area contributed by atoms with Gasteiger partial charge in [0.1, 0.15) is 5.82 Å². The van der Waals surface area contributed by atoms with Crippen LogP contribution in [0.5, 0.6) is 0 Å². The summed E-state index contributed by atoms with van der Waals surface area (Å²) in [4.78, 5) is 11.4. The second kappa shape index (κ2) is 6.22. The molecule has 0 aliphatic heterocycles. The van der Waals surface area contributed by atoms with E-state index >= 15 is 0 Å². The standard InChI is InChI=1S/C11H14F2N6O/c1-2-5-14-9(20)6-15-7-3-4-8-16-17-11(10(12)13)19(8)18-7/h3-4,10H,2,5-6H2,1H3,(H,14,20)(H,15,18). The maximum Gasteiger partial charge on any atom is 0.299 e. The lowest BCUT2D eigenvalue weighted by molar-refractivity contribution is -0.119. The van der Waals surface area contributed by atoms with Gasteiger partial charge in [-0.3, -0.25) is 4.79 Å². The number of nitrogens with zero attached hydrogens (tertiary/aromatic N) is 4. The summed E-state index contributed by atoms with van der Waals surface area (Å²) in [5, 5.41) is 16.3. The molecular weight excluding hydrogens is 270 g/mol. The molecule has 0 aromatic carbocycles. The minimum Gasteiger partial charge on any atom is -0.360 e. The summed E-state index contributed by atoms with van der Waals surface area (Å²) in [6.07, 6.45) is -1.92. The first kappa shape index (κ1) is 14.1. The number of carbonyl (C=O) groups excluding carboxylic acids is 1. The van der Waals surface area contributed by atoms with Gasteiger partial charge in [-0.05, 0) is 18.6 Å². The SMILES string of the molecule is CCCNC(=O)CNc1ccc2nnc(C(F)F)n2n1. The molecule has 0 aliphatic carbocycles. The topological polar surface area (TPSA) is 84.2 Å². The van der Waals surface area contributed by atoms with Crippen molar-refractivity contribution in [1.29, 1.82) is 0 Å². The fraction of sp³-hybridized carbons (Fsp3) is 0.455. The van der Waals surface area contributed by atoms with Crippen LogP contribution in [0.2, 0.25) is 0 Å². The molecule has 2 N–H and O–H groups in total. The van der Waals surface area contributed by atoms with Gasteiger partial charge in [0.05, 0.1) is 6.54 Å². The Morgan fingerprint density at radius 2 is 2.20 bits per heavy atom. The Kier molecular flexibility index (Phi) is 4.38. The van der Waals surface area contributed by atoms with E-state index in [0.717, 1.165) is 10.9 Å². The van der Waals surface area contributed by atoms with Crippen LogP contribution >= 0.6 is 0 Å². The number of alkyl halides is 2. The van der Waals surface area contributed by atoms with Gasteiger partial charge in [0.15, 0.2) is 5.65 Å². The molecule has 20 heavy (non-hydrogen) atoms. The van der Waals surface area contributed by atoms with Gasteiger partial charge in [-0.25, -0.2) is 8.78 Å². The highest BCUT2D eigenvalue weighted by atomic mass is 19.3. The number of hydrogen-bond acceptors (Lipinski definition) is 5. The summed E-state index contributed by atoms with van der Waals surface area (Å²) in [5.74, 6) is -0.420. The Bertz CT molecular complexity index is 600. The van der Waals surface area contributed by atoms with E-state index in [0.29, 0.717) is 12.4 Å². The molecule has 0 saturated carbocycles. The van der Waals surface area contributed by atoms with E-state index in [2.05, 4.69) is 25.9 Å². The van der Waals surface area contributed by atoms with Crippen molar-refractivity contribution < 1.29 is 13.6 Å². The zero-order valence-electron chi connectivity index (χ0n) is 10.8. The Balaban J connectivity index is 2.07. The molecule has 2 aromatic heterocycles. The van der Waals surface area contributed by atoms with Crippen molar-refractivity contribution in [3.05, 3.63) is 18.0 Å². The Morgan fingerprint density at radius 1 is 1.40 bits per heavy atom. The highest BCUT2D eigenvalue weighted by molar-refractivity contribution is 5.80. The predicted molar refractivity (Wildman–Crippen MR) is 67.5 cm³/mol. The molecule has 9 heteroatoms. The summed E-state index contributed by atoms with van der Waals surface area (Å²) in [6.45, 7) is 2.56. The van der Waals surface area contributed by atoms with Crippen molar-refractivity contribution in [1.82, 2.24) is 25.1 Å². The van der Waals surface area contributed by atoms with Gasteiger partial charge < -0.3 is 10.6 Å². The molecule has 0 radical (unpaired) electrons. The summed E-state index contributed by atoms with van der Waals surface area (Å²) >= 11 is 0. The van der Waals surface area contributed by atoms with Gasteiger partial charge in [0.25, 0.3) is 6.43 Å². The largest absolute Gasteiger partial charge is 0.360 e. The van der Waals surface area contributed by atoms with Crippen LogP contribution in [0.4, 0.5) is 14.6 Å². The Labute approximate surface area is 113 Å². The van der Waals surface area contributed by atoms with Crippen molar-refractivity contribution >= 4 is 17.4 Å². The van der Waals surface area contributed by atoms with Crippen molar-refractivity contribution in [2.75, 3.05) is 18.4 Å². The fourth-order valence-electron chi connectivity index (χ4n) is 1.53. The molecule has 0 bridgehead atoms. The molecule has 2 rings (SSSR count). The quantitative estimate of drug-likeness (QED) is 0.826. The van der Waals surface area contributed by atoms with Crippen LogP contribution in [0.25, 0.3) is 5.65 Å². The number of amides is 1. The first-order chi connectivity index (χ1) is 9.61. The van der Waals surface area contributed by atoms with Gasteiger partial charge >= 0.3 is 0 Å². The number of nitrogens with one attached hydrogen (secondary N) is 2. The molecule has 1 amide bonds. The van der Waals surface area contributed by atoms with Crippen LogP contribution in [-0.2, 0) is 4.79 Å². The first-order valence-electron chi connectivity index (χ1n) is 6.13. The number of aromatic nitrogens is 4. The lowest BCUT2D eigenvalue weighted by Gasteiger charge is -2.06. The number of hydrogen-bond donors (Lipinski definition) is 2. The number of halogens is 2. The minimum absolute atomic E-state index is 0.0185. The number of anilines is 1. The zero-order valence-corrected chi connectivity index (χ0v) is 10.8. The van der Waals surface area contributed by atoms with E-state index in [-0.39, 0.29) is 18.1 Å². The Hall–Kier alpha value is -2.32. The van der Waals surface area contributed by atoms with Gasteiger partial charge in [-0.2, -0.15) is 4.52 Å². The smallest absolute Gasteiger partial charge is 0.299 e. The van der Waals surface area contributed by atoms with Crippen molar-refractivity contribution in [3.63, 3.8) is 0 Å². The monoisotopic (exact) mass is 284 g/mol. The van der Waals surface area contributed by atoms with Crippen molar-refractivity contribution in [2.24, 2.45) is 0 Å². The molecule has 0 aliphatic rings. The van der Waals surface area contributed by atoms with Crippen LogP contribution in [0.3, 0.4) is 0 Å². The summed E-state index contributed by atoms with van der Waals surface area (Å²) < 4.78 is 26.3. The minimum atomic E-state index is -2.76. The first-order valence-corrected chi connectivity index (χ1v) is 6.13. The average Bonchev–Trinajstić information content (AvgIpc) is 2.86. The molecule has 2 aromatic rings. The van der Waals surface area contributed by atoms with Gasteiger partial charge in [-0.1, -0.05) is 6.92 Å². The third kappa shape index (κ3) is 3.16. The van der Waals surface area contributed by atoms with Crippen molar-refractivity contribution in [3.8, 4) is 0 Å². The van der Waals surface area contributed by atoms with Crippen LogP contribution < -0.4 is 10.6 Å². The summed E-state index contributed by atoms with van der Waals surface area (Å²) in [6, 6.07) is 3.05. The molecule has 7 nitrogen and oxygen atoms in total. The summed E-state index contributed by atoms with van der Waals surface area (Å²) in [7, 11) is 0. The lowest BCUT2D eigenvalue weighted by atomic mass is 10.4. The maximum atomic E-state index is 12.7. The van der Waals surface area contributed by atoms with Crippen LogP contribution in [-0.4, -0.2) is 38.8 Å². The number of carbonyl (C=O) groups is 1. The normalized spacial score (nSPS) is 11.0. The Morgan fingerprint density at radius 3 is 2.90 bits per heavy atom. The van der Waals surface area contributed by atoms with E-state index in [4.69, 9.17) is 0 Å². The molecule has 0 unspecified atom stereocenters. The van der Waals surface area contributed by atoms with E-state index in [1.54, 1.807) is 6.07 Å². The third-order valence-electron chi connectivity index (χ3n) is 2.48. The van der Waals surface area contributed by atoms with Gasteiger partial charge in [-0.15, -0.1) is 15.3 Å². The second-order valence-electron chi connectivity index (χ2n) is 4.05. The van der Waals surface area contributed by atoms with Crippen molar-refractivity contribution in [2.45, 2.75) is 19.8 Å². The molecular formula is C11H14F2N6O. The van der Waals surface area contributed by atoms with E-state index < -0.39 is 12.2 Å². The fourth-order valence-corrected chi connectivity index (χ4v) is 1.53. The maximum absolute atomic E-state index is 12.7. The highest BCUT2D eigenvalue weighted by Crippen LogP contribution is 2.17. The molecule has 0 fully saturated rings. The van der Waals surface area contributed by atoms with Gasteiger partial charge in [0.2, 0.25) is 11.7 Å². The number of rotatable bonds is 6. The molecule has 2 heterocycles. The average molecular weight is 284 g/mol. The summed E-state index contributed by atoms with van der Waals surface area (Å²) in [5.41, 5.74) is 0.223. The zero-order chi connectivity index (χ0) is 14.5.